The summed E-state index contributed by atoms with van der Waals surface area (Å²) in [6, 6.07) is 15.4. The third kappa shape index (κ3) is 5.33. The molecule has 4 rings (SSSR count). The van der Waals surface area contributed by atoms with Gasteiger partial charge in [-0.15, -0.1) is 0 Å². The van der Waals surface area contributed by atoms with Gasteiger partial charge in [0.25, 0.3) is 11.8 Å². The number of piperazine rings is 1. The number of hydrogen-bond acceptors (Lipinski definition) is 7. The molecule has 8 heteroatoms. The van der Waals surface area contributed by atoms with E-state index in [1.807, 2.05) is 24.3 Å². The highest BCUT2D eigenvalue weighted by Crippen LogP contribution is 2.24. The third-order valence-electron chi connectivity index (χ3n) is 5.65. The van der Waals surface area contributed by atoms with Crippen LogP contribution in [-0.4, -0.2) is 76.9 Å². The highest BCUT2D eigenvalue weighted by Gasteiger charge is 2.21. The fourth-order valence-corrected chi connectivity index (χ4v) is 3.64. The van der Waals surface area contributed by atoms with Gasteiger partial charge in [-0.05, 0) is 36.2 Å². The number of amides is 1. The molecule has 32 heavy (non-hydrogen) atoms. The van der Waals surface area contributed by atoms with Crippen molar-refractivity contribution in [3.63, 3.8) is 0 Å². The lowest BCUT2D eigenvalue weighted by atomic mass is 10.1. The van der Waals surface area contributed by atoms with Gasteiger partial charge in [0, 0.05) is 43.9 Å². The van der Waals surface area contributed by atoms with Gasteiger partial charge in [-0.25, -0.2) is 0 Å². The molecule has 2 aromatic carbocycles. The molecule has 8 nitrogen and oxygen atoms in total. The first-order valence-corrected chi connectivity index (χ1v) is 10.9. The van der Waals surface area contributed by atoms with Gasteiger partial charge in [-0.1, -0.05) is 36.3 Å². The SMILES string of the molecule is CCc1ccc(-c2noc(-c3ccc(OCC(=O)N4CCN(CCO)CC4)cc3)n2)cc1. The first-order chi connectivity index (χ1) is 15.7. The van der Waals surface area contributed by atoms with E-state index < -0.39 is 0 Å². The maximum absolute atomic E-state index is 12.4. The monoisotopic (exact) mass is 436 g/mol. The molecular weight excluding hydrogens is 408 g/mol. The van der Waals surface area contributed by atoms with E-state index in [1.165, 1.54) is 5.56 Å². The Labute approximate surface area is 187 Å². The fraction of sp³-hybridized carbons (Fsp3) is 0.375. The van der Waals surface area contributed by atoms with Crippen molar-refractivity contribution in [1.29, 1.82) is 0 Å². The van der Waals surface area contributed by atoms with Crippen LogP contribution in [-0.2, 0) is 11.2 Å². The Morgan fingerprint density at radius 1 is 1.03 bits per heavy atom. The van der Waals surface area contributed by atoms with Crippen molar-refractivity contribution in [3.05, 3.63) is 54.1 Å². The van der Waals surface area contributed by atoms with E-state index in [0.717, 1.165) is 30.6 Å². The Morgan fingerprint density at radius 3 is 2.38 bits per heavy atom. The Kier molecular flexibility index (Phi) is 7.14. The second-order valence-electron chi connectivity index (χ2n) is 7.73. The van der Waals surface area contributed by atoms with Crippen LogP contribution in [0.1, 0.15) is 12.5 Å². The van der Waals surface area contributed by atoms with Crippen LogP contribution in [0.4, 0.5) is 0 Å². The highest BCUT2D eigenvalue weighted by atomic mass is 16.5. The van der Waals surface area contributed by atoms with E-state index in [0.29, 0.717) is 37.1 Å². The number of benzene rings is 2. The number of carbonyl (C=O) groups excluding carboxylic acids is 1. The molecule has 1 saturated heterocycles. The predicted octanol–water partition coefficient (Wildman–Crippen LogP) is 2.48. The minimum Gasteiger partial charge on any atom is -0.484 e. The normalized spacial score (nSPS) is 14.5. The smallest absolute Gasteiger partial charge is 0.260 e. The number of carbonyl (C=O) groups is 1. The number of rotatable bonds is 8. The number of ether oxygens (including phenoxy) is 1. The molecule has 168 valence electrons. The van der Waals surface area contributed by atoms with Crippen LogP contribution < -0.4 is 4.74 Å². The molecule has 1 aliphatic rings. The molecule has 0 bridgehead atoms. The molecule has 0 aliphatic carbocycles. The third-order valence-corrected chi connectivity index (χ3v) is 5.65. The standard InChI is InChI=1S/C24H28N4O4/c1-2-18-3-5-19(6-4-18)23-25-24(32-26-23)20-7-9-21(10-8-20)31-17-22(30)28-13-11-27(12-14-28)15-16-29/h3-10,29H,2,11-17H2,1H3. The van der Waals surface area contributed by atoms with E-state index in [1.54, 1.807) is 17.0 Å². The van der Waals surface area contributed by atoms with Crippen LogP contribution >= 0.6 is 0 Å². The summed E-state index contributed by atoms with van der Waals surface area (Å²) in [6.45, 7) is 5.76. The minimum absolute atomic E-state index is 0.00217. The Morgan fingerprint density at radius 2 is 1.72 bits per heavy atom. The predicted molar refractivity (Wildman–Crippen MR) is 120 cm³/mol. The molecule has 0 saturated carbocycles. The lowest BCUT2D eigenvalue weighted by molar-refractivity contribution is -0.135. The van der Waals surface area contributed by atoms with Gasteiger partial charge in [-0.3, -0.25) is 9.69 Å². The maximum atomic E-state index is 12.4. The molecule has 0 radical (unpaired) electrons. The number of aromatic nitrogens is 2. The molecule has 1 aliphatic heterocycles. The Balaban J connectivity index is 1.31. The molecule has 0 unspecified atom stereocenters. The fourth-order valence-electron chi connectivity index (χ4n) is 3.64. The van der Waals surface area contributed by atoms with Crippen LogP contribution in [0.15, 0.2) is 53.1 Å². The number of aliphatic hydroxyl groups is 1. The second kappa shape index (κ2) is 10.4. The van der Waals surface area contributed by atoms with Crippen molar-refractivity contribution in [1.82, 2.24) is 19.9 Å². The average Bonchev–Trinajstić information content (AvgIpc) is 3.34. The quantitative estimate of drug-likeness (QED) is 0.580. The molecule has 2 heterocycles. The summed E-state index contributed by atoms with van der Waals surface area (Å²) in [5.74, 6) is 1.56. The van der Waals surface area contributed by atoms with Gasteiger partial charge in [0.1, 0.15) is 5.75 Å². The zero-order valence-corrected chi connectivity index (χ0v) is 18.2. The van der Waals surface area contributed by atoms with E-state index >= 15 is 0 Å². The largest absolute Gasteiger partial charge is 0.484 e. The summed E-state index contributed by atoms with van der Waals surface area (Å²) >= 11 is 0. The molecular formula is C24H28N4O4. The minimum atomic E-state index is -0.0339. The Bertz CT molecular complexity index is 1010. The lowest BCUT2D eigenvalue weighted by Crippen LogP contribution is -2.50. The van der Waals surface area contributed by atoms with Crippen molar-refractivity contribution in [2.75, 3.05) is 45.9 Å². The van der Waals surface area contributed by atoms with Crippen molar-refractivity contribution in [2.24, 2.45) is 0 Å². The van der Waals surface area contributed by atoms with Crippen LogP contribution in [0.25, 0.3) is 22.8 Å². The zero-order chi connectivity index (χ0) is 22.3. The number of nitrogens with zero attached hydrogens (tertiary/aromatic N) is 4. The van der Waals surface area contributed by atoms with Crippen molar-refractivity contribution in [2.45, 2.75) is 13.3 Å². The van der Waals surface area contributed by atoms with Crippen LogP contribution in [0.3, 0.4) is 0 Å². The topological polar surface area (TPSA) is 91.9 Å². The number of aliphatic hydroxyl groups excluding tert-OH is 1. The van der Waals surface area contributed by atoms with Crippen LogP contribution in [0.5, 0.6) is 5.75 Å². The first kappa shape index (κ1) is 22.0. The molecule has 0 spiro atoms. The van der Waals surface area contributed by atoms with E-state index in [4.69, 9.17) is 14.4 Å². The molecule has 0 atom stereocenters. The summed E-state index contributed by atoms with van der Waals surface area (Å²) in [5, 5.41) is 13.1. The van der Waals surface area contributed by atoms with E-state index in [2.05, 4.69) is 34.1 Å². The Hall–Kier alpha value is -3.23. The molecule has 1 fully saturated rings. The maximum Gasteiger partial charge on any atom is 0.260 e. The summed E-state index contributed by atoms with van der Waals surface area (Å²) in [5.41, 5.74) is 2.95. The van der Waals surface area contributed by atoms with Crippen molar-refractivity contribution >= 4 is 5.91 Å². The van der Waals surface area contributed by atoms with Crippen LogP contribution in [0.2, 0.25) is 0 Å². The summed E-state index contributed by atoms with van der Waals surface area (Å²) in [4.78, 5) is 20.8. The number of β-amino-alcohol motifs (C(OH)–C–C–N with tert-alkyl or cyclic N) is 1. The molecule has 1 amide bonds. The summed E-state index contributed by atoms with van der Waals surface area (Å²) in [7, 11) is 0. The van der Waals surface area contributed by atoms with Crippen LogP contribution in [0, 0.1) is 0 Å². The van der Waals surface area contributed by atoms with E-state index in [9.17, 15) is 4.79 Å². The highest BCUT2D eigenvalue weighted by molar-refractivity contribution is 5.78. The second-order valence-corrected chi connectivity index (χ2v) is 7.73. The first-order valence-electron chi connectivity index (χ1n) is 10.9. The van der Waals surface area contributed by atoms with Gasteiger partial charge in [0.05, 0.1) is 6.61 Å². The van der Waals surface area contributed by atoms with Gasteiger partial charge < -0.3 is 19.3 Å². The summed E-state index contributed by atoms with van der Waals surface area (Å²) in [6.07, 6.45) is 0.985. The average molecular weight is 437 g/mol. The molecule has 1 N–H and O–H groups in total. The van der Waals surface area contributed by atoms with Crippen molar-refractivity contribution < 1.29 is 19.2 Å². The molecule has 1 aromatic heterocycles. The summed E-state index contributed by atoms with van der Waals surface area (Å²) < 4.78 is 11.1. The molecule has 3 aromatic rings. The van der Waals surface area contributed by atoms with Gasteiger partial charge in [0.15, 0.2) is 6.61 Å². The van der Waals surface area contributed by atoms with Gasteiger partial charge >= 0.3 is 0 Å². The zero-order valence-electron chi connectivity index (χ0n) is 18.2. The van der Waals surface area contributed by atoms with Crippen molar-refractivity contribution in [3.8, 4) is 28.6 Å². The van der Waals surface area contributed by atoms with Gasteiger partial charge in [-0.2, -0.15) is 4.98 Å². The van der Waals surface area contributed by atoms with E-state index in [-0.39, 0.29) is 19.1 Å². The number of hydrogen-bond donors (Lipinski definition) is 1. The number of aryl methyl sites for hydroxylation is 1. The lowest BCUT2D eigenvalue weighted by Gasteiger charge is -2.34. The van der Waals surface area contributed by atoms with Gasteiger partial charge in [0.2, 0.25) is 5.82 Å².